The number of aromatic nitrogens is 4. The summed E-state index contributed by atoms with van der Waals surface area (Å²) >= 11 is 0. The molecule has 90 valence electrons. The molecule has 0 saturated heterocycles. The molecule has 8 nitrogen and oxygen atoms in total. The molecule has 0 aliphatic rings. The summed E-state index contributed by atoms with van der Waals surface area (Å²) in [6.07, 6.45) is 1.33. The van der Waals surface area contributed by atoms with E-state index in [1.807, 2.05) is 0 Å². The Bertz CT molecular complexity index is 501. The van der Waals surface area contributed by atoms with Crippen LogP contribution in [0.2, 0.25) is 0 Å². The smallest absolute Gasteiger partial charge is 0.246 e. The van der Waals surface area contributed by atoms with Crippen molar-refractivity contribution in [2.75, 3.05) is 13.7 Å². The third-order valence-corrected chi connectivity index (χ3v) is 2.04. The fourth-order valence-electron chi connectivity index (χ4n) is 1.14. The fraction of sp³-hybridized carbons (Fsp3) is 0.333. The molecule has 0 saturated carbocycles. The van der Waals surface area contributed by atoms with Crippen molar-refractivity contribution in [2.24, 2.45) is 5.73 Å². The van der Waals surface area contributed by atoms with Crippen LogP contribution in [0.1, 0.15) is 11.9 Å². The summed E-state index contributed by atoms with van der Waals surface area (Å²) in [5.41, 5.74) is 5.99. The van der Waals surface area contributed by atoms with Gasteiger partial charge in [0.05, 0.1) is 13.7 Å². The second-order valence-corrected chi connectivity index (χ2v) is 3.19. The molecule has 0 fully saturated rings. The number of nitrogens with two attached hydrogens (primary N) is 1. The monoisotopic (exact) mass is 237 g/mol. The van der Waals surface area contributed by atoms with Gasteiger partial charge in [-0.25, -0.2) is 9.97 Å². The molecule has 2 aromatic heterocycles. The molecule has 0 spiro atoms. The Morgan fingerprint density at radius 2 is 2.35 bits per heavy atom. The minimum atomic E-state index is -0.694. The number of nitrogens with zero attached hydrogens (tertiary/aromatic N) is 4. The molecule has 0 aromatic carbocycles. The van der Waals surface area contributed by atoms with Crippen molar-refractivity contribution in [3.05, 3.63) is 18.3 Å². The molecular formula is C9H11N5O3. The first-order chi connectivity index (χ1) is 8.24. The van der Waals surface area contributed by atoms with Gasteiger partial charge in [0, 0.05) is 6.07 Å². The van der Waals surface area contributed by atoms with Crippen LogP contribution >= 0.6 is 0 Å². The Balaban J connectivity index is 2.30. The SMILES string of the molecule is COc1cc(-c2noc([C@H](N)CO)n2)ncn1. The lowest BCUT2D eigenvalue weighted by atomic mass is 10.3. The first kappa shape index (κ1) is 11.4. The van der Waals surface area contributed by atoms with E-state index < -0.39 is 6.04 Å². The lowest BCUT2D eigenvalue weighted by Gasteiger charge is -1.99. The predicted octanol–water partition coefficient (Wildman–Crippen LogP) is -0.473. The van der Waals surface area contributed by atoms with Gasteiger partial charge in [-0.05, 0) is 0 Å². The van der Waals surface area contributed by atoms with Crippen LogP contribution in [0.25, 0.3) is 11.5 Å². The van der Waals surface area contributed by atoms with E-state index in [9.17, 15) is 0 Å². The van der Waals surface area contributed by atoms with Crippen molar-refractivity contribution < 1.29 is 14.4 Å². The zero-order valence-corrected chi connectivity index (χ0v) is 9.07. The second-order valence-electron chi connectivity index (χ2n) is 3.19. The summed E-state index contributed by atoms with van der Waals surface area (Å²) in [7, 11) is 1.50. The topological polar surface area (TPSA) is 120 Å². The average molecular weight is 237 g/mol. The van der Waals surface area contributed by atoms with Gasteiger partial charge < -0.3 is 20.1 Å². The summed E-state index contributed by atoms with van der Waals surface area (Å²) in [5, 5.41) is 12.6. The van der Waals surface area contributed by atoms with Crippen LogP contribution in [0, 0.1) is 0 Å². The highest BCUT2D eigenvalue weighted by Crippen LogP contribution is 2.18. The second kappa shape index (κ2) is 4.85. The molecule has 2 heterocycles. The number of methoxy groups -OCH3 is 1. The molecule has 3 N–H and O–H groups in total. The summed E-state index contributed by atoms with van der Waals surface area (Å²) in [4.78, 5) is 11.9. The third-order valence-electron chi connectivity index (χ3n) is 2.04. The van der Waals surface area contributed by atoms with E-state index >= 15 is 0 Å². The van der Waals surface area contributed by atoms with Crippen LogP contribution in [0.5, 0.6) is 5.88 Å². The Hall–Kier alpha value is -2.06. The first-order valence-electron chi connectivity index (χ1n) is 4.81. The zero-order chi connectivity index (χ0) is 12.3. The van der Waals surface area contributed by atoms with Gasteiger partial charge in [-0.1, -0.05) is 5.16 Å². The van der Waals surface area contributed by atoms with E-state index in [-0.39, 0.29) is 18.3 Å². The molecule has 0 bridgehead atoms. The van der Waals surface area contributed by atoms with Crippen LogP contribution in [-0.4, -0.2) is 38.9 Å². The molecule has 0 unspecified atom stereocenters. The minimum absolute atomic E-state index is 0.153. The van der Waals surface area contributed by atoms with Gasteiger partial charge in [-0.2, -0.15) is 4.98 Å². The molecule has 2 aromatic rings. The number of hydrogen-bond acceptors (Lipinski definition) is 8. The van der Waals surface area contributed by atoms with Crippen LogP contribution in [0.15, 0.2) is 16.9 Å². The van der Waals surface area contributed by atoms with Gasteiger partial charge in [-0.3, -0.25) is 0 Å². The van der Waals surface area contributed by atoms with Crippen molar-refractivity contribution in [1.82, 2.24) is 20.1 Å². The number of ether oxygens (including phenoxy) is 1. The van der Waals surface area contributed by atoms with Gasteiger partial charge in [0.1, 0.15) is 18.1 Å². The van der Waals surface area contributed by atoms with Crippen molar-refractivity contribution >= 4 is 0 Å². The van der Waals surface area contributed by atoms with Gasteiger partial charge in [0.15, 0.2) is 0 Å². The maximum atomic E-state index is 8.85. The molecule has 1 atom stereocenters. The van der Waals surface area contributed by atoms with Crippen molar-refractivity contribution in [3.8, 4) is 17.4 Å². The normalized spacial score (nSPS) is 12.4. The van der Waals surface area contributed by atoms with E-state index in [1.165, 1.54) is 13.4 Å². The summed E-state index contributed by atoms with van der Waals surface area (Å²) in [6.45, 7) is -0.269. The molecule has 17 heavy (non-hydrogen) atoms. The lowest BCUT2D eigenvalue weighted by molar-refractivity contribution is 0.237. The zero-order valence-electron chi connectivity index (χ0n) is 9.07. The number of aliphatic hydroxyl groups excluding tert-OH is 1. The lowest BCUT2D eigenvalue weighted by Crippen LogP contribution is -2.14. The van der Waals surface area contributed by atoms with Gasteiger partial charge in [-0.15, -0.1) is 0 Å². The number of rotatable bonds is 4. The molecule has 0 radical (unpaired) electrons. The summed E-state index contributed by atoms with van der Waals surface area (Å²) in [6, 6.07) is 0.874. The highest BCUT2D eigenvalue weighted by molar-refractivity contribution is 5.49. The molecule has 2 rings (SSSR count). The third kappa shape index (κ3) is 2.37. The van der Waals surface area contributed by atoms with Crippen molar-refractivity contribution in [3.63, 3.8) is 0 Å². The van der Waals surface area contributed by atoms with Crippen molar-refractivity contribution in [1.29, 1.82) is 0 Å². The Kier molecular flexibility index (Phi) is 3.26. The predicted molar refractivity (Wildman–Crippen MR) is 55.9 cm³/mol. The maximum Gasteiger partial charge on any atom is 0.246 e. The Morgan fingerprint density at radius 1 is 1.53 bits per heavy atom. The van der Waals surface area contributed by atoms with Crippen LogP contribution in [0.3, 0.4) is 0 Å². The summed E-state index contributed by atoms with van der Waals surface area (Å²) in [5.74, 6) is 0.817. The molecule has 0 aliphatic heterocycles. The minimum Gasteiger partial charge on any atom is -0.481 e. The molecule has 0 amide bonds. The number of hydrogen-bond donors (Lipinski definition) is 2. The molecule has 8 heteroatoms. The standard InChI is InChI=1S/C9H11N5O3/c1-16-7-2-6(11-4-12-7)8-13-9(17-14-8)5(10)3-15/h2,4-5,15H,3,10H2,1H3/t5-/m1/s1. The van der Waals surface area contributed by atoms with Gasteiger partial charge in [0.25, 0.3) is 0 Å². The van der Waals surface area contributed by atoms with E-state index in [0.29, 0.717) is 11.6 Å². The molecule has 0 aliphatic carbocycles. The Morgan fingerprint density at radius 3 is 3.06 bits per heavy atom. The van der Waals surface area contributed by atoms with Crippen LogP contribution in [-0.2, 0) is 0 Å². The van der Waals surface area contributed by atoms with Gasteiger partial charge in [0.2, 0.25) is 17.6 Å². The van der Waals surface area contributed by atoms with E-state index in [0.717, 1.165) is 0 Å². The number of aliphatic hydroxyl groups is 1. The fourth-order valence-corrected chi connectivity index (χ4v) is 1.14. The highest BCUT2D eigenvalue weighted by atomic mass is 16.5. The molecular weight excluding hydrogens is 226 g/mol. The van der Waals surface area contributed by atoms with E-state index in [4.69, 9.17) is 20.1 Å². The first-order valence-corrected chi connectivity index (χ1v) is 4.81. The summed E-state index contributed by atoms with van der Waals surface area (Å²) < 4.78 is 9.85. The highest BCUT2D eigenvalue weighted by Gasteiger charge is 2.15. The Labute approximate surface area is 96.5 Å². The van der Waals surface area contributed by atoms with Crippen LogP contribution < -0.4 is 10.5 Å². The van der Waals surface area contributed by atoms with Crippen molar-refractivity contribution in [2.45, 2.75) is 6.04 Å². The van der Waals surface area contributed by atoms with Crippen LogP contribution in [0.4, 0.5) is 0 Å². The maximum absolute atomic E-state index is 8.85. The van der Waals surface area contributed by atoms with Gasteiger partial charge >= 0.3 is 0 Å². The average Bonchev–Trinajstić information content (AvgIpc) is 2.87. The van der Waals surface area contributed by atoms with E-state index in [2.05, 4.69) is 20.1 Å². The van der Waals surface area contributed by atoms with E-state index in [1.54, 1.807) is 6.07 Å². The quantitative estimate of drug-likeness (QED) is 0.731. The largest absolute Gasteiger partial charge is 0.481 e.